The predicted octanol–water partition coefficient (Wildman–Crippen LogP) is 6.25. The quantitative estimate of drug-likeness (QED) is 0.247. The zero-order valence-corrected chi connectivity index (χ0v) is 21.6. The van der Waals surface area contributed by atoms with E-state index in [0.29, 0.717) is 50.4 Å². The van der Waals surface area contributed by atoms with E-state index in [1.54, 1.807) is 12.1 Å². The topological polar surface area (TPSA) is 89.8 Å². The van der Waals surface area contributed by atoms with Gasteiger partial charge in [-0.05, 0) is 45.3 Å². The van der Waals surface area contributed by atoms with E-state index < -0.39 is 5.91 Å². The van der Waals surface area contributed by atoms with Crippen molar-refractivity contribution in [1.82, 2.24) is 0 Å². The Morgan fingerprint density at radius 2 is 1.71 bits per heavy atom. The van der Waals surface area contributed by atoms with Gasteiger partial charge in [0.05, 0.1) is 36.5 Å². The molecule has 0 radical (unpaired) electrons. The number of carbonyl (C=O) groups excluding carboxylic acids is 1. The summed E-state index contributed by atoms with van der Waals surface area (Å²) in [6.07, 6.45) is 1.45. The van der Waals surface area contributed by atoms with E-state index in [-0.39, 0.29) is 5.57 Å². The number of methoxy groups -OCH3 is 3. The van der Waals surface area contributed by atoms with E-state index in [4.69, 9.17) is 30.5 Å². The highest BCUT2D eigenvalue weighted by molar-refractivity contribution is 9.10. The number of amides is 1. The third kappa shape index (κ3) is 6.47. The summed E-state index contributed by atoms with van der Waals surface area (Å²) in [7, 11) is 4.42. The summed E-state index contributed by atoms with van der Waals surface area (Å²) in [6, 6.07) is 18.1. The summed E-state index contributed by atoms with van der Waals surface area (Å²) in [4.78, 5) is 12.9. The molecular weight excluding hydrogens is 536 g/mol. The number of anilines is 1. The number of hydrogen-bond donors (Lipinski definition) is 1. The number of nitrogens with one attached hydrogen (secondary N) is 1. The molecule has 0 fully saturated rings. The van der Waals surface area contributed by atoms with Crippen molar-refractivity contribution in [3.8, 4) is 29.1 Å². The van der Waals surface area contributed by atoms with E-state index in [2.05, 4.69) is 21.2 Å². The van der Waals surface area contributed by atoms with Crippen molar-refractivity contribution in [1.29, 1.82) is 5.26 Å². The van der Waals surface area contributed by atoms with Gasteiger partial charge in [-0.3, -0.25) is 4.79 Å². The number of carbonyl (C=O) groups is 1. The third-order valence-corrected chi connectivity index (χ3v) is 5.76. The Morgan fingerprint density at radius 1 is 1.03 bits per heavy atom. The predicted molar refractivity (Wildman–Crippen MR) is 138 cm³/mol. The van der Waals surface area contributed by atoms with Gasteiger partial charge in [-0.15, -0.1) is 0 Å². The van der Waals surface area contributed by atoms with Gasteiger partial charge < -0.3 is 24.3 Å². The third-order valence-electron chi connectivity index (χ3n) is 4.88. The van der Waals surface area contributed by atoms with Crippen LogP contribution in [0.3, 0.4) is 0 Å². The van der Waals surface area contributed by atoms with Crippen molar-refractivity contribution in [2.24, 2.45) is 0 Å². The molecule has 0 saturated heterocycles. The summed E-state index contributed by atoms with van der Waals surface area (Å²) < 4.78 is 22.5. The standard InChI is InChI=1S/C26H22BrClN2O5/c1-32-22-13-21(23(33-2)12-20(22)28)30-26(31)18(14-29)9-17-10-19(27)25(24(11-17)34-3)35-15-16-7-5-4-6-8-16/h4-13H,15H2,1-3H3,(H,30,31)/b18-9+. The second-order valence-corrected chi connectivity index (χ2v) is 8.38. The second kappa shape index (κ2) is 12.2. The molecule has 3 rings (SSSR count). The Balaban J connectivity index is 1.86. The fourth-order valence-corrected chi connectivity index (χ4v) is 3.96. The zero-order valence-electron chi connectivity index (χ0n) is 19.2. The summed E-state index contributed by atoms with van der Waals surface area (Å²) in [5.41, 5.74) is 1.74. The van der Waals surface area contributed by atoms with Crippen LogP contribution in [-0.4, -0.2) is 27.2 Å². The maximum absolute atomic E-state index is 12.9. The molecule has 0 saturated carbocycles. The first-order chi connectivity index (χ1) is 16.9. The highest BCUT2D eigenvalue weighted by atomic mass is 79.9. The molecule has 0 aliphatic heterocycles. The van der Waals surface area contributed by atoms with Crippen LogP contribution >= 0.6 is 27.5 Å². The molecule has 7 nitrogen and oxygen atoms in total. The number of halogens is 2. The van der Waals surface area contributed by atoms with Gasteiger partial charge in [0, 0.05) is 12.1 Å². The Hall–Kier alpha value is -3.67. The van der Waals surface area contributed by atoms with Crippen molar-refractivity contribution >= 4 is 45.2 Å². The molecule has 0 unspecified atom stereocenters. The van der Waals surface area contributed by atoms with Gasteiger partial charge in [0.15, 0.2) is 11.5 Å². The zero-order chi connectivity index (χ0) is 25.4. The number of nitrogens with zero attached hydrogens (tertiary/aromatic N) is 1. The Kier molecular flexibility index (Phi) is 9.01. The summed E-state index contributed by atoms with van der Waals surface area (Å²) in [6.45, 7) is 0.350. The number of hydrogen-bond acceptors (Lipinski definition) is 6. The van der Waals surface area contributed by atoms with Gasteiger partial charge in [-0.1, -0.05) is 41.9 Å². The number of benzene rings is 3. The fourth-order valence-electron chi connectivity index (χ4n) is 3.16. The van der Waals surface area contributed by atoms with E-state index >= 15 is 0 Å². The minimum atomic E-state index is -0.630. The monoisotopic (exact) mass is 556 g/mol. The molecule has 0 bridgehead atoms. The molecule has 9 heteroatoms. The molecule has 0 aliphatic carbocycles. The number of rotatable bonds is 9. The summed E-state index contributed by atoms with van der Waals surface area (Å²) in [5.74, 6) is 1.00. The lowest BCUT2D eigenvalue weighted by molar-refractivity contribution is -0.112. The lowest BCUT2D eigenvalue weighted by atomic mass is 10.1. The van der Waals surface area contributed by atoms with Crippen LogP contribution in [0.1, 0.15) is 11.1 Å². The van der Waals surface area contributed by atoms with Crippen molar-refractivity contribution < 1.29 is 23.7 Å². The lowest BCUT2D eigenvalue weighted by Crippen LogP contribution is -2.14. The molecule has 0 spiro atoms. The minimum Gasteiger partial charge on any atom is -0.495 e. The number of nitriles is 1. The molecule has 1 amide bonds. The average Bonchev–Trinajstić information content (AvgIpc) is 2.87. The first kappa shape index (κ1) is 25.9. The van der Waals surface area contributed by atoms with Crippen molar-refractivity contribution in [3.05, 3.63) is 80.8 Å². The van der Waals surface area contributed by atoms with Crippen LogP contribution in [0.4, 0.5) is 5.69 Å². The molecular formula is C26H22BrClN2O5. The highest BCUT2D eigenvalue weighted by Gasteiger charge is 2.17. The summed E-state index contributed by atoms with van der Waals surface area (Å²) in [5, 5.41) is 12.6. The van der Waals surface area contributed by atoms with Gasteiger partial charge >= 0.3 is 0 Å². The van der Waals surface area contributed by atoms with Crippen LogP contribution < -0.4 is 24.3 Å². The molecule has 0 atom stereocenters. The van der Waals surface area contributed by atoms with Crippen molar-refractivity contribution in [2.45, 2.75) is 6.61 Å². The van der Waals surface area contributed by atoms with E-state index in [1.165, 1.54) is 39.5 Å². The van der Waals surface area contributed by atoms with Crippen LogP contribution in [0.5, 0.6) is 23.0 Å². The first-order valence-corrected chi connectivity index (χ1v) is 11.5. The molecule has 35 heavy (non-hydrogen) atoms. The minimum absolute atomic E-state index is 0.132. The fraction of sp³-hybridized carbons (Fsp3) is 0.154. The van der Waals surface area contributed by atoms with Gasteiger partial charge in [0.25, 0.3) is 5.91 Å². The van der Waals surface area contributed by atoms with Crippen LogP contribution in [0, 0.1) is 11.3 Å². The molecule has 180 valence electrons. The molecule has 0 aliphatic rings. The van der Waals surface area contributed by atoms with E-state index in [1.807, 2.05) is 36.4 Å². The molecule has 3 aromatic carbocycles. The van der Waals surface area contributed by atoms with Crippen molar-refractivity contribution in [3.63, 3.8) is 0 Å². The van der Waals surface area contributed by atoms with E-state index in [9.17, 15) is 10.1 Å². The Bertz CT molecular complexity index is 1290. The summed E-state index contributed by atoms with van der Waals surface area (Å²) >= 11 is 9.62. The smallest absolute Gasteiger partial charge is 0.266 e. The maximum atomic E-state index is 12.9. The maximum Gasteiger partial charge on any atom is 0.266 e. The first-order valence-electron chi connectivity index (χ1n) is 10.3. The lowest BCUT2D eigenvalue weighted by Gasteiger charge is -2.14. The largest absolute Gasteiger partial charge is 0.495 e. The Morgan fingerprint density at radius 3 is 2.34 bits per heavy atom. The SMILES string of the molecule is COc1cc(NC(=O)/C(C#N)=C/c2cc(Br)c(OCc3ccccc3)c(OC)c2)c(OC)cc1Cl. The Labute approximate surface area is 217 Å². The molecule has 1 N–H and O–H groups in total. The molecule has 0 aromatic heterocycles. The van der Waals surface area contributed by atoms with Crippen LogP contribution in [0.25, 0.3) is 6.08 Å². The molecule has 0 heterocycles. The average molecular weight is 558 g/mol. The van der Waals surface area contributed by atoms with Gasteiger partial charge in [0.2, 0.25) is 0 Å². The van der Waals surface area contributed by atoms with Gasteiger partial charge in [-0.25, -0.2) is 0 Å². The van der Waals surface area contributed by atoms with Crippen LogP contribution in [-0.2, 0) is 11.4 Å². The molecule has 3 aromatic rings. The van der Waals surface area contributed by atoms with E-state index in [0.717, 1.165) is 5.56 Å². The van der Waals surface area contributed by atoms with Crippen LogP contribution in [0.15, 0.2) is 64.6 Å². The highest BCUT2D eigenvalue weighted by Crippen LogP contribution is 2.38. The van der Waals surface area contributed by atoms with Gasteiger partial charge in [-0.2, -0.15) is 5.26 Å². The number of ether oxygens (including phenoxy) is 4. The normalized spacial score (nSPS) is 10.8. The van der Waals surface area contributed by atoms with Gasteiger partial charge in [0.1, 0.15) is 29.7 Å². The van der Waals surface area contributed by atoms with Crippen molar-refractivity contribution in [2.75, 3.05) is 26.6 Å². The second-order valence-electron chi connectivity index (χ2n) is 7.12. The van der Waals surface area contributed by atoms with Crippen LogP contribution in [0.2, 0.25) is 5.02 Å².